The van der Waals surface area contributed by atoms with Crippen molar-refractivity contribution < 1.29 is 24.5 Å². The molecule has 1 aromatic carbocycles. The molecule has 0 saturated carbocycles. The van der Waals surface area contributed by atoms with Crippen LogP contribution in [0.1, 0.15) is 5.56 Å². The molecule has 0 aliphatic carbocycles. The number of nitrogens with zero attached hydrogens (tertiary/aromatic N) is 1. The highest BCUT2D eigenvalue weighted by Gasteiger charge is 2.40. The van der Waals surface area contributed by atoms with E-state index in [0.29, 0.717) is 11.3 Å². The fourth-order valence-electron chi connectivity index (χ4n) is 1.95. The molecule has 1 fully saturated rings. The topological polar surface area (TPSA) is 87.1 Å². The standard InChI is InChI=1S/C14H13NO5S2/c1-20-10-5-3-2-4-8(10)6-11-12(17)15(14(21)22-11)9(7-16)13(18)19/h2-6,9,16H,7H2,1H3,(H,18,19)/b11-6-/t9-/m1/s1. The predicted octanol–water partition coefficient (Wildman–Crippen LogP) is 1.34. The molecule has 1 atom stereocenters. The summed E-state index contributed by atoms with van der Waals surface area (Å²) in [6.07, 6.45) is 1.59. The summed E-state index contributed by atoms with van der Waals surface area (Å²) in [5, 5.41) is 18.2. The third kappa shape index (κ3) is 3.13. The van der Waals surface area contributed by atoms with Gasteiger partial charge in [-0.15, -0.1) is 0 Å². The van der Waals surface area contributed by atoms with Crippen molar-refractivity contribution in [3.05, 3.63) is 34.7 Å². The maximum absolute atomic E-state index is 12.4. The van der Waals surface area contributed by atoms with Gasteiger partial charge in [0, 0.05) is 5.56 Å². The van der Waals surface area contributed by atoms with Gasteiger partial charge in [-0.3, -0.25) is 9.69 Å². The number of carboxylic acids is 1. The Balaban J connectivity index is 2.35. The van der Waals surface area contributed by atoms with Crippen LogP contribution in [0.3, 0.4) is 0 Å². The summed E-state index contributed by atoms with van der Waals surface area (Å²) in [6.45, 7) is -0.705. The maximum atomic E-state index is 12.4. The highest BCUT2D eigenvalue weighted by Crippen LogP contribution is 2.35. The van der Waals surface area contributed by atoms with E-state index in [0.717, 1.165) is 16.7 Å². The summed E-state index contributed by atoms with van der Waals surface area (Å²) in [5.41, 5.74) is 0.682. The minimum absolute atomic E-state index is 0.104. The van der Waals surface area contributed by atoms with Crippen LogP contribution in [0.5, 0.6) is 5.75 Å². The molecular weight excluding hydrogens is 326 g/mol. The maximum Gasteiger partial charge on any atom is 0.329 e. The van der Waals surface area contributed by atoms with Gasteiger partial charge < -0.3 is 14.9 Å². The highest BCUT2D eigenvalue weighted by molar-refractivity contribution is 8.26. The van der Waals surface area contributed by atoms with E-state index in [1.165, 1.54) is 7.11 Å². The van der Waals surface area contributed by atoms with Gasteiger partial charge in [-0.2, -0.15) is 0 Å². The third-order valence-corrected chi connectivity index (χ3v) is 4.35. The first-order valence-corrected chi connectivity index (χ1v) is 7.45. The van der Waals surface area contributed by atoms with Crippen LogP contribution in [0.4, 0.5) is 0 Å². The number of carbonyl (C=O) groups is 2. The van der Waals surface area contributed by atoms with Crippen LogP contribution in [-0.4, -0.2) is 51.1 Å². The van der Waals surface area contributed by atoms with E-state index in [1.807, 2.05) is 0 Å². The van der Waals surface area contributed by atoms with Crippen molar-refractivity contribution in [3.8, 4) is 5.75 Å². The number of ether oxygens (including phenoxy) is 1. The Hall–Kier alpha value is -1.90. The molecule has 116 valence electrons. The number of aliphatic hydroxyl groups is 1. The minimum atomic E-state index is -1.38. The van der Waals surface area contributed by atoms with Crippen LogP contribution in [0, 0.1) is 0 Å². The van der Waals surface area contributed by atoms with Gasteiger partial charge in [0.1, 0.15) is 10.1 Å². The number of hydrogen-bond acceptors (Lipinski definition) is 6. The van der Waals surface area contributed by atoms with Crippen molar-refractivity contribution in [2.24, 2.45) is 0 Å². The van der Waals surface area contributed by atoms with Crippen molar-refractivity contribution in [3.63, 3.8) is 0 Å². The normalized spacial score (nSPS) is 17.9. The van der Waals surface area contributed by atoms with Crippen LogP contribution in [-0.2, 0) is 9.59 Å². The van der Waals surface area contributed by atoms with E-state index in [4.69, 9.17) is 27.2 Å². The van der Waals surface area contributed by atoms with Crippen LogP contribution >= 0.6 is 24.0 Å². The Morgan fingerprint density at radius 3 is 2.77 bits per heavy atom. The number of thioether (sulfide) groups is 1. The average molecular weight is 339 g/mol. The number of benzene rings is 1. The average Bonchev–Trinajstić information content (AvgIpc) is 2.76. The van der Waals surface area contributed by atoms with E-state index < -0.39 is 24.5 Å². The lowest BCUT2D eigenvalue weighted by molar-refractivity contribution is -0.146. The Kier molecular flexibility index (Phi) is 5.17. The molecule has 1 heterocycles. The van der Waals surface area contributed by atoms with Gasteiger partial charge >= 0.3 is 5.97 Å². The SMILES string of the molecule is COc1ccccc1/C=C1\SC(=S)N([C@H](CO)C(=O)O)C1=O. The zero-order chi connectivity index (χ0) is 16.3. The predicted molar refractivity (Wildman–Crippen MR) is 86.5 cm³/mol. The number of para-hydroxylation sites is 1. The Morgan fingerprint density at radius 1 is 1.50 bits per heavy atom. The molecule has 2 N–H and O–H groups in total. The molecule has 22 heavy (non-hydrogen) atoms. The number of carboxylic acid groups (broad SMARTS) is 1. The molecule has 0 bridgehead atoms. The summed E-state index contributed by atoms with van der Waals surface area (Å²) in [7, 11) is 1.52. The molecule has 1 aliphatic rings. The lowest BCUT2D eigenvalue weighted by Crippen LogP contribution is -2.46. The number of carbonyl (C=O) groups excluding carboxylic acids is 1. The highest BCUT2D eigenvalue weighted by atomic mass is 32.2. The van der Waals surface area contributed by atoms with Gasteiger partial charge in [0.05, 0.1) is 18.6 Å². The summed E-state index contributed by atoms with van der Waals surface area (Å²) in [6, 6.07) is 5.74. The van der Waals surface area contributed by atoms with Crippen molar-refractivity contribution in [2.75, 3.05) is 13.7 Å². The fraction of sp³-hybridized carbons (Fsp3) is 0.214. The minimum Gasteiger partial charge on any atom is -0.496 e. The van der Waals surface area contributed by atoms with E-state index >= 15 is 0 Å². The number of amides is 1. The zero-order valence-electron chi connectivity index (χ0n) is 11.6. The Labute approximate surface area is 136 Å². The summed E-state index contributed by atoms with van der Waals surface area (Å²) in [5.74, 6) is -1.26. The monoisotopic (exact) mass is 339 g/mol. The molecule has 0 unspecified atom stereocenters. The van der Waals surface area contributed by atoms with Crippen molar-refractivity contribution in [1.82, 2.24) is 4.90 Å². The van der Waals surface area contributed by atoms with Gasteiger partial charge in [-0.25, -0.2) is 4.79 Å². The Bertz CT molecular complexity index is 658. The van der Waals surface area contributed by atoms with Gasteiger partial charge in [0.2, 0.25) is 0 Å². The summed E-state index contributed by atoms with van der Waals surface area (Å²) >= 11 is 6.05. The fourth-order valence-corrected chi connectivity index (χ4v) is 3.29. The number of aliphatic hydroxyl groups excluding tert-OH is 1. The van der Waals surface area contributed by atoms with Gasteiger partial charge in [-0.1, -0.05) is 42.2 Å². The van der Waals surface area contributed by atoms with Crippen LogP contribution in [0.15, 0.2) is 29.2 Å². The van der Waals surface area contributed by atoms with E-state index in [2.05, 4.69) is 0 Å². The number of thiocarbonyl (C=S) groups is 1. The van der Waals surface area contributed by atoms with Crippen molar-refractivity contribution >= 4 is 46.3 Å². The molecule has 0 spiro atoms. The second-order valence-electron chi connectivity index (χ2n) is 4.33. The van der Waals surface area contributed by atoms with E-state index in [1.54, 1.807) is 30.3 Å². The molecule has 2 rings (SSSR count). The first kappa shape index (κ1) is 16.5. The number of aliphatic carboxylic acids is 1. The van der Waals surface area contributed by atoms with Crippen LogP contribution in [0.25, 0.3) is 6.08 Å². The number of hydrogen-bond donors (Lipinski definition) is 2. The molecule has 1 aliphatic heterocycles. The van der Waals surface area contributed by atoms with Crippen molar-refractivity contribution in [2.45, 2.75) is 6.04 Å². The van der Waals surface area contributed by atoms with Gasteiger partial charge in [0.15, 0.2) is 6.04 Å². The molecule has 1 saturated heterocycles. The summed E-state index contributed by atoms with van der Waals surface area (Å²) < 4.78 is 5.31. The van der Waals surface area contributed by atoms with Crippen LogP contribution < -0.4 is 4.74 Å². The van der Waals surface area contributed by atoms with Crippen LogP contribution in [0.2, 0.25) is 0 Å². The zero-order valence-corrected chi connectivity index (χ0v) is 13.2. The molecule has 8 heteroatoms. The third-order valence-electron chi connectivity index (χ3n) is 3.02. The van der Waals surface area contributed by atoms with E-state index in [-0.39, 0.29) is 9.23 Å². The first-order chi connectivity index (χ1) is 10.5. The van der Waals surface area contributed by atoms with Crippen molar-refractivity contribution in [1.29, 1.82) is 0 Å². The second-order valence-corrected chi connectivity index (χ2v) is 6.01. The molecule has 1 amide bonds. The van der Waals surface area contributed by atoms with Gasteiger partial charge in [-0.05, 0) is 12.1 Å². The molecular formula is C14H13NO5S2. The second kappa shape index (κ2) is 6.91. The molecule has 1 aromatic rings. The van der Waals surface area contributed by atoms with E-state index in [9.17, 15) is 9.59 Å². The molecule has 6 nitrogen and oxygen atoms in total. The largest absolute Gasteiger partial charge is 0.496 e. The molecule has 0 radical (unpaired) electrons. The summed E-state index contributed by atoms with van der Waals surface area (Å²) in [4.78, 5) is 24.7. The smallest absolute Gasteiger partial charge is 0.329 e. The van der Waals surface area contributed by atoms with Gasteiger partial charge in [0.25, 0.3) is 5.91 Å². The molecule has 0 aromatic heterocycles. The number of rotatable bonds is 5. The first-order valence-electron chi connectivity index (χ1n) is 6.23. The lowest BCUT2D eigenvalue weighted by atomic mass is 10.2. The number of methoxy groups -OCH3 is 1. The Morgan fingerprint density at radius 2 is 2.18 bits per heavy atom. The quantitative estimate of drug-likeness (QED) is 0.618. The lowest BCUT2D eigenvalue weighted by Gasteiger charge is -2.20.